The summed E-state index contributed by atoms with van der Waals surface area (Å²) < 4.78 is 51.3. The van der Waals surface area contributed by atoms with E-state index in [9.17, 15) is 17.8 Å². The molecule has 0 saturated carbocycles. The van der Waals surface area contributed by atoms with Crippen LogP contribution in [0.3, 0.4) is 0 Å². The molecule has 1 aliphatic rings. The van der Waals surface area contributed by atoms with Crippen LogP contribution in [0.1, 0.15) is 25.8 Å². The van der Waals surface area contributed by atoms with Crippen molar-refractivity contribution in [2.75, 3.05) is 32.0 Å². The lowest BCUT2D eigenvalue weighted by atomic mass is 10.0. The number of nitrogens with zero attached hydrogens (tertiary/aromatic N) is 1. The van der Waals surface area contributed by atoms with Gasteiger partial charge in [0, 0.05) is 30.1 Å². The van der Waals surface area contributed by atoms with E-state index < -0.39 is 28.6 Å². The first-order valence-electron chi connectivity index (χ1n) is 12.1. The summed E-state index contributed by atoms with van der Waals surface area (Å²) >= 11 is 1.41. The Balaban J connectivity index is 1.85. The fraction of sp³-hybridized carbons (Fsp3) is 0.480. The molecule has 0 aromatic heterocycles. The molecule has 37 heavy (non-hydrogen) atoms. The Morgan fingerprint density at radius 1 is 1.19 bits per heavy atom. The molecule has 12 heteroatoms. The van der Waals surface area contributed by atoms with Gasteiger partial charge in [-0.1, -0.05) is 44.2 Å². The maximum absolute atomic E-state index is 12.8. The van der Waals surface area contributed by atoms with Gasteiger partial charge in [-0.25, -0.2) is 13.3 Å². The molecular formula is C25H35N3O7S2. The van der Waals surface area contributed by atoms with E-state index in [0.717, 1.165) is 10.5 Å². The van der Waals surface area contributed by atoms with Crippen molar-refractivity contribution in [3.05, 3.63) is 60.2 Å². The van der Waals surface area contributed by atoms with E-state index in [2.05, 4.69) is 5.32 Å². The summed E-state index contributed by atoms with van der Waals surface area (Å²) in [5, 5.41) is 2.78. The van der Waals surface area contributed by atoms with Crippen molar-refractivity contribution in [3.63, 3.8) is 0 Å². The zero-order valence-electron chi connectivity index (χ0n) is 21.0. The zero-order valence-corrected chi connectivity index (χ0v) is 22.6. The minimum Gasteiger partial charge on any atom is -0.444 e. The van der Waals surface area contributed by atoms with Gasteiger partial charge in [-0.3, -0.25) is 4.55 Å². The number of amides is 1. The van der Waals surface area contributed by atoms with E-state index in [4.69, 9.17) is 19.4 Å². The van der Waals surface area contributed by atoms with Gasteiger partial charge in [0.05, 0.1) is 19.3 Å². The number of benzene rings is 2. The van der Waals surface area contributed by atoms with Crippen LogP contribution in [0, 0.1) is 5.92 Å². The summed E-state index contributed by atoms with van der Waals surface area (Å²) in [6.07, 6.45) is -1.37. The van der Waals surface area contributed by atoms with Crippen LogP contribution in [0.2, 0.25) is 0 Å². The van der Waals surface area contributed by atoms with Crippen LogP contribution in [-0.2, 0) is 30.5 Å². The maximum atomic E-state index is 12.8. The Hall–Kier alpha value is -2.35. The maximum Gasteiger partial charge on any atom is 0.407 e. The minimum atomic E-state index is -4.84. The van der Waals surface area contributed by atoms with Crippen LogP contribution in [0.4, 0.5) is 10.5 Å². The Kier molecular flexibility index (Phi) is 11.0. The van der Waals surface area contributed by atoms with Crippen LogP contribution >= 0.6 is 11.9 Å². The normalized spacial score (nSPS) is 17.6. The molecule has 1 saturated heterocycles. The summed E-state index contributed by atoms with van der Waals surface area (Å²) in [5.74, 6) is 0.237. The summed E-state index contributed by atoms with van der Waals surface area (Å²) in [6.45, 7) is 5.56. The predicted molar refractivity (Wildman–Crippen MR) is 142 cm³/mol. The van der Waals surface area contributed by atoms with Gasteiger partial charge in [-0.05, 0) is 54.1 Å². The molecule has 2 aromatic rings. The number of hydrogen-bond acceptors (Lipinski definition) is 9. The third-order valence-corrected chi connectivity index (χ3v) is 7.05. The molecular weight excluding hydrogens is 518 g/mol. The first-order chi connectivity index (χ1) is 17.6. The fourth-order valence-corrected chi connectivity index (χ4v) is 5.56. The van der Waals surface area contributed by atoms with Crippen molar-refractivity contribution in [1.82, 2.24) is 9.62 Å². The summed E-state index contributed by atoms with van der Waals surface area (Å²) in [7, 11) is -4.84. The topological polar surface area (TPSA) is 140 Å². The summed E-state index contributed by atoms with van der Waals surface area (Å²) in [6, 6.07) is 15.8. The number of nitrogen functional groups attached to an aromatic ring is 1. The Morgan fingerprint density at radius 2 is 1.89 bits per heavy atom. The van der Waals surface area contributed by atoms with Crippen molar-refractivity contribution >= 4 is 34.1 Å². The monoisotopic (exact) mass is 553 g/mol. The Morgan fingerprint density at radius 3 is 2.49 bits per heavy atom. The van der Waals surface area contributed by atoms with E-state index in [1.165, 1.54) is 11.9 Å². The molecule has 204 valence electrons. The number of rotatable bonds is 13. The molecule has 1 aliphatic heterocycles. The third kappa shape index (κ3) is 10.9. The molecule has 3 rings (SSSR count). The predicted octanol–water partition coefficient (Wildman–Crippen LogP) is 3.55. The van der Waals surface area contributed by atoms with Crippen molar-refractivity contribution in [1.29, 1.82) is 0 Å². The highest BCUT2D eigenvalue weighted by Gasteiger charge is 2.32. The van der Waals surface area contributed by atoms with Crippen LogP contribution in [-0.4, -0.2) is 67.9 Å². The number of carbonyl (C=O) groups excluding carboxylic acids is 1. The molecule has 0 bridgehead atoms. The lowest BCUT2D eigenvalue weighted by molar-refractivity contribution is 0.0688. The van der Waals surface area contributed by atoms with E-state index in [1.807, 2.05) is 60.6 Å². The van der Waals surface area contributed by atoms with Gasteiger partial charge in [0.1, 0.15) is 12.2 Å². The van der Waals surface area contributed by atoms with Gasteiger partial charge >= 0.3 is 16.5 Å². The highest BCUT2D eigenvalue weighted by Crippen LogP contribution is 2.26. The first kappa shape index (κ1) is 29.2. The minimum absolute atomic E-state index is 0.0807. The first-order valence-corrected chi connectivity index (χ1v) is 14.2. The number of nitrogens with one attached hydrogen (secondary N) is 1. The molecule has 0 spiro atoms. The zero-order chi connectivity index (χ0) is 26.8. The Labute approximate surface area is 222 Å². The number of alkyl carbamates (subject to hydrolysis) is 1. The van der Waals surface area contributed by atoms with Crippen molar-refractivity contribution < 1.29 is 31.4 Å². The van der Waals surface area contributed by atoms with E-state index in [-0.39, 0.29) is 25.0 Å². The molecule has 10 nitrogen and oxygen atoms in total. The SMILES string of the molecule is CC(C)CN(C[C@@H](OS(=O)(=O)O)[C@H](Cc1ccccc1)NC(=O)O[C@H]1CCOC1)Sc1ccc(N)cc1. The summed E-state index contributed by atoms with van der Waals surface area (Å²) in [5.41, 5.74) is 7.29. The van der Waals surface area contributed by atoms with Gasteiger partial charge in [0.2, 0.25) is 0 Å². The molecule has 2 aromatic carbocycles. The highest BCUT2D eigenvalue weighted by atomic mass is 32.3. The fourth-order valence-electron chi connectivity index (χ4n) is 3.90. The van der Waals surface area contributed by atoms with Crippen LogP contribution in [0.15, 0.2) is 59.5 Å². The second-order valence-corrected chi connectivity index (χ2v) is 11.5. The van der Waals surface area contributed by atoms with Crippen molar-refractivity contribution in [2.24, 2.45) is 5.92 Å². The largest absolute Gasteiger partial charge is 0.444 e. The van der Waals surface area contributed by atoms with Gasteiger partial charge < -0.3 is 20.5 Å². The number of hydrogen-bond donors (Lipinski definition) is 3. The van der Waals surface area contributed by atoms with Crippen LogP contribution in [0.5, 0.6) is 0 Å². The number of nitrogens with two attached hydrogens (primary N) is 1. The number of ether oxygens (including phenoxy) is 2. The number of anilines is 1. The van der Waals surface area contributed by atoms with Crippen molar-refractivity contribution in [3.8, 4) is 0 Å². The van der Waals surface area contributed by atoms with E-state index in [0.29, 0.717) is 31.9 Å². The van der Waals surface area contributed by atoms with Gasteiger partial charge in [0.25, 0.3) is 0 Å². The van der Waals surface area contributed by atoms with E-state index in [1.54, 1.807) is 12.1 Å². The second-order valence-electron chi connectivity index (χ2n) is 9.29. The lowest BCUT2D eigenvalue weighted by Gasteiger charge is -2.32. The average Bonchev–Trinajstić information content (AvgIpc) is 3.32. The molecule has 1 amide bonds. The second kappa shape index (κ2) is 14.0. The van der Waals surface area contributed by atoms with Gasteiger partial charge in [0.15, 0.2) is 0 Å². The quantitative estimate of drug-likeness (QED) is 0.192. The average molecular weight is 554 g/mol. The smallest absolute Gasteiger partial charge is 0.407 e. The van der Waals surface area contributed by atoms with Crippen LogP contribution < -0.4 is 11.1 Å². The molecule has 1 fully saturated rings. The molecule has 0 radical (unpaired) electrons. The van der Waals surface area contributed by atoms with Gasteiger partial charge in [-0.2, -0.15) is 8.42 Å². The number of carbonyl (C=O) groups is 1. The molecule has 0 aliphatic carbocycles. The molecule has 0 unspecified atom stereocenters. The molecule has 4 N–H and O–H groups in total. The van der Waals surface area contributed by atoms with Crippen molar-refractivity contribution in [2.45, 2.75) is 49.8 Å². The highest BCUT2D eigenvalue weighted by molar-refractivity contribution is 7.97. The third-order valence-electron chi connectivity index (χ3n) is 5.52. The van der Waals surface area contributed by atoms with Crippen LogP contribution in [0.25, 0.3) is 0 Å². The lowest BCUT2D eigenvalue weighted by Crippen LogP contribution is -2.51. The standard InChI is InChI=1S/C25H35N3O7S2/c1-18(2)15-28(36-22-10-8-20(26)9-11-22)16-24(35-37(30,31)32)23(14-19-6-4-3-5-7-19)27-25(29)34-21-12-13-33-17-21/h3-11,18,21,23-24H,12-17,26H2,1-2H3,(H,27,29)(H,30,31,32)/t21-,23-,24+/m0/s1. The molecule has 1 heterocycles. The summed E-state index contributed by atoms with van der Waals surface area (Å²) in [4.78, 5) is 13.7. The van der Waals surface area contributed by atoms with E-state index >= 15 is 0 Å². The Bertz CT molecular complexity index is 1080. The van der Waals surface area contributed by atoms with Gasteiger partial charge in [-0.15, -0.1) is 0 Å². The molecule has 3 atom stereocenters.